The van der Waals surface area contributed by atoms with Crippen LogP contribution < -0.4 is 19.2 Å². The molecule has 1 aliphatic carbocycles. The molecule has 1 saturated carbocycles. The summed E-state index contributed by atoms with van der Waals surface area (Å²) in [6.07, 6.45) is 0.220. The number of carbonyl (C=O) groups excluding carboxylic acids is 2. The first kappa shape index (κ1) is 28.8. The van der Waals surface area contributed by atoms with Crippen molar-refractivity contribution >= 4 is 45.1 Å². The van der Waals surface area contributed by atoms with Crippen molar-refractivity contribution in [3.8, 4) is 0 Å². The zero-order valence-electron chi connectivity index (χ0n) is 21.6. The highest BCUT2D eigenvalue weighted by atomic mass is 35.5. The number of alkyl halides is 2. The summed E-state index contributed by atoms with van der Waals surface area (Å²) in [6, 6.07) is 10.2. The maximum atomic E-state index is 14.5. The number of aromatic nitrogens is 1. The van der Waals surface area contributed by atoms with Gasteiger partial charge in [-0.25, -0.2) is 22.5 Å². The maximum Gasteiger partial charge on any atom is 0.303 e. The highest BCUT2D eigenvalue weighted by Crippen LogP contribution is 2.39. The van der Waals surface area contributed by atoms with Crippen LogP contribution in [0.5, 0.6) is 0 Å². The number of amides is 2. The number of nitrogens with zero attached hydrogens (tertiary/aromatic N) is 3. The molecule has 1 aliphatic heterocycles. The van der Waals surface area contributed by atoms with Crippen LogP contribution in [-0.2, 0) is 19.8 Å². The zero-order valence-corrected chi connectivity index (χ0v) is 23.2. The minimum atomic E-state index is -4.23. The summed E-state index contributed by atoms with van der Waals surface area (Å²) < 4.78 is 70.9. The summed E-state index contributed by atoms with van der Waals surface area (Å²) in [4.78, 5) is 33.3. The van der Waals surface area contributed by atoms with Crippen molar-refractivity contribution in [2.75, 3.05) is 15.7 Å². The lowest BCUT2D eigenvalue weighted by Crippen LogP contribution is -2.56. The van der Waals surface area contributed by atoms with Gasteiger partial charge in [-0.15, -0.1) is 0 Å². The number of aryl methyl sites for hydroxylation is 1. The molecule has 1 aromatic heterocycles. The smallest absolute Gasteiger partial charge is 0.303 e. The molecule has 41 heavy (non-hydrogen) atoms. The Morgan fingerprint density at radius 1 is 1.15 bits per heavy atom. The SMILES string of the molecule is Cc1ccnc(N2[C@H](C(=O)N(c3cccc(F)c3)[C@H](C(=O)NC3CC(F)(F)C3)c3ccccc3Cl)CNS2(=O)=O)c1. The van der Waals surface area contributed by atoms with Gasteiger partial charge in [-0.2, -0.15) is 13.1 Å². The minimum absolute atomic E-state index is 0.0389. The first-order chi connectivity index (χ1) is 19.4. The monoisotopic (exact) mass is 607 g/mol. The maximum absolute atomic E-state index is 14.5. The molecule has 2 atom stereocenters. The third kappa shape index (κ3) is 5.88. The third-order valence-electron chi connectivity index (χ3n) is 6.88. The van der Waals surface area contributed by atoms with E-state index in [0.717, 1.165) is 21.3 Å². The Morgan fingerprint density at radius 2 is 1.88 bits per heavy atom. The van der Waals surface area contributed by atoms with Crippen LogP contribution in [0.1, 0.15) is 30.0 Å². The van der Waals surface area contributed by atoms with Crippen LogP contribution in [-0.4, -0.2) is 49.8 Å². The Morgan fingerprint density at radius 3 is 2.54 bits per heavy atom. The standard InChI is InChI=1S/C27H25ClF3N5O4S/c1-16-9-10-32-23(11-16)36-22(15-33-41(36,39)40)26(38)35(19-6-4-5-17(29)12-19)24(20-7-2-3-8-21(20)28)25(37)34-18-13-27(30,31)14-18/h2-12,18,22,24,33H,13-15H2,1H3,(H,34,37)/t22-,24-/m0/s1. The van der Waals surface area contributed by atoms with E-state index in [1.807, 2.05) is 0 Å². The normalized spacial score (nSPS) is 20.2. The van der Waals surface area contributed by atoms with Crippen molar-refractivity contribution in [3.05, 3.63) is 88.8 Å². The van der Waals surface area contributed by atoms with Crippen molar-refractivity contribution in [1.29, 1.82) is 0 Å². The topological polar surface area (TPSA) is 112 Å². The van der Waals surface area contributed by atoms with E-state index >= 15 is 0 Å². The molecule has 0 radical (unpaired) electrons. The van der Waals surface area contributed by atoms with Crippen LogP contribution in [0.3, 0.4) is 0 Å². The fourth-order valence-corrected chi connectivity index (χ4v) is 6.54. The largest absolute Gasteiger partial charge is 0.351 e. The number of pyridine rings is 1. The van der Waals surface area contributed by atoms with Gasteiger partial charge in [0.15, 0.2) is 0 Å². The van der Waals surface area contributed by atoms with E-state index in [4.69, 9.17) is 11.6 Å². The Hall–Kier alpha value is -3.68. The lowest BCUT2D eigenvalue weighted by Gasteiger charge is -2.39. The predicted octanol–water partition coefficient (Wildman–Crippen LogP) is 3.89. The van der Waals surface area contributed by atoms with E-state index in [0.29, 0.717) is 5.56 Å². The molecular formula is C27H25ClF3N5O4S. The van der Waals surface area contributed by atoms with Crippen molar-refractivity contribution < 1.29 is 31.2 Å². The Bertz CT molecular complexity index is 1600. The highest BCUT2D eigenvalue weighted by Gasteiger charge is 2.49. The number of rotatable bonds is 7. The number of carbonyl (C=O) groups is 2. The minimum Gasteiger partial charge on any atom is -0.351 e. The van der Waals surface area contributed by atoms with Gasteiger partial charge in [-0.1, -0.05) is 35.9 Å². The fraction of sp³-hybridized carbons (Fsp3) is 0.296. The van der Waals surface area contributed by atoms with Gasteiger partial charge in [0, 0.05) is 47.9 Å². The summed E-state index contributed by atoms with van der Waals surface area (Å²) >= 11 is 6.47. The second kappa shape index (κ2) is 11.0. The van der Waals surface area contributed by atoms with Gasteiger partial charge in [-0.05, 0) is 48.9 Å². The van der Waals surface area contributed by atoms with E-state index in [1.165, 1.54) is 36.5 Å². The lowest BCUT2D eigenvalue weighted by molar-refractivity contribution is -0.132. The number of halogens is 4. The first-order valence-electron chi connectivity index (χ1n) is 12.6. The molecule has 2 heterocycles. The Balaban J connectivity index is 1.63. The number of hydrogen-bond donors (Lipinski definition) is 2. The van der Waals surface area contributed by atoms with Gasteiger partial charge in [0.1, 0.15) is 23.7 Å². The molecule has 3 aromatic rings. The van der Waals surface area contributed by atoms with Gasteiger partial charge in [0.2, 0.25) is 5.91 Å². The fourth-order valence-electron chi connectivity index (χ4n) is 4.94. The van der Waals surface area contributed by atoms with Crippen molar-refractivity contribution in [3.63, 3.8) is 0 Å². The Kier molecular flexibility index (Phi) is 7.70. The molecule has 0 unspecified atom stereocenters. The van der Waals surface area contributed by atoms with E-state index < -0.39 is 64.7 Å². The van der Waals surface area contributed by atoms with E-state index in [9.17, 15) is 31.2 Å². The van der Waals surface area contributed by atoms with Crippen molar-refractivity contribution in [2.24, 2.45) is 0 Å². The second-order valence-corrected chi connectivity index (χ2v) is 12.0. The van der Waals surface area contributed by atoms with Gasteiger partial charge in [-0.3, -0.25) is 14.5 Å². The predicted molar refractivity (Wildman–Crippen MR) is 146 cm³/mol. The summed E-state index contributed by atoms with van der Waals surface area (Å²) in [7, 11) is -4.23. The molecular weight excluding hydrogens is 583 g/mol. The second-order valence-electron chi connectivity index (χ2n) is 9.94. The average Bonchev–Trinajstić information content (AvgIpc) is 3.21. The molecule has 2 N–H and O–H groups in total. The molecule has 1 saturated heterocycles. The lowest BCUT2D eigenvalue weighted by atomic mass is 9.87. The number of benzene rings is 2. The average molecular weight is 608 g/mol. The Labute approximate surface area is 239 Å². The number of nitrogens with one attached hydrogen (secondary N) is 2. The van der Waals surface area contributed by atoms with Crippen LogP contribution >= 0.6 is 11.6 Å². The van der Waals surface area contributed by atoms with E-state index in [1.54, 1.807) is 25.1 Å². The van der Waals surface area contributed by atoms with Crippen molar-refractivity contribution in [2.45, 2.75) is 43.8 Å². The van der Waals surface area contributed by atoms with Gasteiger partial charge >= 0.3 is 10.2 Å². The quantitative estimate of drug-likeness (QED) is 0.423. The van der Waals surface area contributed by atoms with Crippen LogP contribution in [0.2, 0.25) is 5.02 Å². The van der Waals surface area contributed by atoms with Crippen LogP contribution in [0.4, 0.5) is 24.7 Å². The molecule has 9 nitrogen and oxygen atoms in total. The molecule has 2 amide bonds. The van der Waals surface area contributed by atoms with E-state index in [-0.39, 0.29) is 28.6 Å². The molecule has 0 spiro atoms. The summed E-state index contributed by atoms with van der Waals surface area (Å²) in [5.74, 6) is -5.44. The van der Waals surface area contributed by atoms with Crippen molar-refractivity contribution in [1.82, 2.24) is 15.0 Å². The molecule has 2 aromatic carbocycles. The molecule has 216 valence electrons. The zero-order chi connectivity index (χ0) is 29.5. The van der Waals surface area contributed by atoms with Gasteiger partial charge in [0.25, 0.3) is 11.8 Å². The number of anilines is 2. The molecule has 2 aliphatic rings. The summed E-state index contributed by atoms with van der Waals surface area (Å²) in [5.41, 5.74) is 0.732. The van der Waals surface area contributed by atoms with E-state index in [2.05, 4.69) is 15.0 Å². The third-order valence-corrected chi connectivity index (χ3v) is 8.71. The molecule has 14 heteroatoms. The highest BCUT2D eigenvalue weighted by molar-refractivity contribution is 7.91. The first-order valence-corrected chi connectivity index (χ1v) is 14.4. The van der Waals surface area contributed by atoms with Crippen LogP contribution in [0, 0.1) is 12.7 Å². The van der Waals surface area contributed by atoms with Gasteiger partial charge in [0.05, 0.1) is 0 Å². The summed E-state index contributed by atoms with van der Waals surface area (Å²) in [6.45, 7) is 1.34. The molecule has 0 bridgehead atoms. The molecule has 2 fully saturated rings. The van der Waals surface area contributed by atoms with Crippen LogP contribution in [0.15, 0.2) is 66.9 Å². The summed E-state index contributed by atoms with van der Waals surface area (Å²) in [5, 5.41) is 2.63. The molecule has 5 rings (SSSR count). The number of hydrogen-bond acceptors (Lipinski definition) is 5. The van der Waals surface area contributed by atoms with Crippen LogP contribution in [0.25, 0.3) is 0 Å². The van der Waals surface area contributed by atoms with Gasteiger partial charge < -0.3 is 5.32 Å².